The minimum atomic E-state index is -0.341. The zero-order valence-electron chi connectivity index (χ0n) is 36.1. The predicted molar refractivity (Wildman–Crippen MR) is 257 cm³/mol. The molecule has 2 N–H and O–H groups in total. The van der Waals surface area contributed by atoms with Gasteiger partial charge in [0.25, 0.3) is 0 Å². The molecule has 4 heteroatoms. The van der Waals surface area contributed by atoms with Gasteiger partial charge in [-0.2, -0.15) is 0 Å². The summed E-state index contributed by atoms with van der Waals surface area (Å²) in [5.41, 5.74) is 8.82. The van der Waals surface area contributed by atoms with Crippen molar-refractivity contribution in [2.45, 2.75) is 51.4 Å². The summed E-state index contributed by atoms with van der Waals surface area (Å²) in [5.74, 6) is 1.59. The van der Waals surface area contributed by atoms with Crippen LogP contribution in [-0.2, 0) is 23.7 Å². The van der Waals surface area contributed by atoms with Gasteiger partial charge in [0.2, 0.25) is 0 Å². The van der Waals surface area contributed by atoms with Crippen molar-refractivity contribution in [1.82, 2.24) is 0 Å². The number of fused-ring (bicyclic) bond motifs is 6. The second kappa shape index (κ2) is 17.1. The number of aliphatic hydroxyl groups excluding tert-OH is 2. The van der Waals surface area contributed by atoms with Crippen LogP contribution in [0.4, 0.5) is 0 Å². The molecule has 0 saturated carbocycles. The first-order valence-electron chi connectivity index (χ1n) is 21.8. The van der Waals surface area contributed by atoms with Crippen LogP contribution in [0, 0.1) is 0 Å². The second-order valence-electron chi connectivity index (χ2n) is 17.6. The van der Waals surface area contributed by atoms with Gasteiger partial charge in [-0.15, -0.1) is 0 Å². The average molecular weight is 815 g/mol. The maximum atomic E-state index is 9.74. The van der Waals surface area contributed by atoms with Gasteiger partial charge >= 0.3 is 0 Å². The number of rotatable bonds is 14. The zero-order valence-corrected chi connectivity index (χ0v) is 36.1. The van der Waals surface area contributed by atoms with Crippen LogP contribution in [0.3, 0.4) is 0 Å². The van der Waals surface area contributed by atoms with E-state index in [1.54, 1.807) is 0 Å². The maximum absolute atomic E-state index is 9.74. The van der Waals surface area contributed by atoms with Gasteiger partial charge < -0.3 is 19.7 Å². The second-order valence-corrected chi connectivity index (χ2v) is 17.6. The normalized spacial score (nSPS) is 12.1. The highest BCUT2D eigenvalue weighted by atomic mass is 16.5. The van der Waals surface area contributed by atoms with Crippen molar-refractivity contribution in [3.8, 4) is 11.5 Å². The van der Waals surface area contributed by atoms with Crippen LogP contribution in [0.15, 0.2) is 170 Å². The fourth-order valence-corrected chi connectivity index (χ4v) is 9.40. The maximum Gasteiger partial charge on any atom is 0.122 e. The summed E-state index contributed by atoms with van der Waals surface area (Å²) >= 11 is 0. The molecule has 9 rings (SSSR count). The largest absolute Gasteiger partial charge is 0.491 e. The van der Waals surface area contributed by atoms with Crippen molar-refractivity contribution in [3.05, 3.63) is 214 Å². The van der Waals surface area contributed by atoms with E-state index in [4.69, 9.17) is 9.47 Å². The number of ether oxygens (including phenoxy) is 2. The third kappa shape index (κ3) is 7.81. The molecule has 4 nitrogen and oxygen atoms in total. The number of hydrogen-bond donors (Lipinski definition) is 2. The molecule has 0 saturated heterocycles. The summed E-state index contributed by atoms with van der Waals surface area (Å²) in [5, 5.41) is 29.4. The Labute approximate surface area is 365 Å². The van der Waals surface area contributed by atoms with E-state index in [1.165, 1.54) is 76.5 Å². The molecule has 0 bridgehead atoms. The molecule has 0 aromatic heterocycles. The minimum Gasteiger partial charge on any atom is -0.491 e. The minimum absolute atomic E-state index is 0.0472. The number of benzene rings is 9. The summed E-state index contributed by atoms with van der Waals surface area (Å²) in [6.07, 6.45) is 1.39. The topological polar surface area (TPSA) is 58.9 Å². The summed E-state index contributed by atoms with van der Waals surface area (Å²) in [7, 11) is 0. The van der Waals surface area contributed by atoms with E-state index in [-0.39, 0.29) is 37.3 Å². The Balaban J connectivity index is 1.07. The molecule has 0 aliphatic heterocycles. The molecule has 0 atom stereocenters. The zero-order chi connectivity index (χ0) is 42.8. The molecule has 0 aliphatic rings. The Kier molecular flexibility index (Phi) is 11.3. The van der Waals surface area contributed by atoms with Crippen LogP contribution in [0.1, 0.15) is 72.2 Å². The van der Waals surface area contributed by atoms with E-state index in [2.05, 4.69) is 198 Å². The molecule has 0 amide bonds. The van der Waals surface area contributed by atoms with E-state index >= 15 is 0 Å². The van der Waals surface area contributed by atoms with Gasteiger partial charge in [-0.25, -0.2) is 0 Å². The third-order valence-electron chi connectivity index (χ3n) is 13.0. The molecular formula is C58H54O4. The van der Waals surface area contributed by atoms with Crippen LogP contribution in [-0.4, -0.2) is 36.6 Å². The Hall–Kier alpha value is -6.46. The standard InChI is InChI=1S/C58H54O4/c1-57(2,47-24-26-55(61-30-28-59)43(36-47)34-41-32-39-14-5-7-18-49(39)53-22-11-9-20-51(41)53)45-16-13-17-46(38-45)58(3,4)48-25-27-56(62-31-29-60)44(37-48)35-42-33-40-15-6-8-19-50(40)54-23-12-10-21-52(42)54/h5-27,32-33,36-38,59-60H,28-31,34-35H2,1-4H3. The summed E-state index contributed by atoms with van der Waals surface area (Å²) in [4.78, 5) is 0. The molecule has 9 aromatic rings. The van der Waals surface area contributed by atoms with Crippen LogP contribution in [0.25, 0.3) is 43.1 Å². The molecular weight excluding hydrogens is 761 g/mol. The Morgan fingerprint density at radius 1 is 0.355 bits per heavy atom. The van der Waals surface area contributed by atoms with E-state index < -0.39 is 0 Å². The molecule has 9 aromatic carbocycles. The van der Waals surface area contributed by atoms with Crippen LogP contribution < -0.4 is 9.47 Å². The number of aliphatic hydroxyl groups is 2. The summed E-state index contributed by atoms with van der Waals surface area (Å²) in [6, 6.07) is 61.3. The average Bonchev–Trinajstić information content (AvgIpc) is 3.30. The van der Waals surface area contributed by atoms with Crippen LogP contribution in [0.5, 0.6) is 11.5 Å². The summed E-state index contributed by atoms with van der Waals surface area (Å²) in [6.45, 7) is 9.59. The molecule has 310 valence electrons. The molecule has 0 radical (unpaired) electrons. The van der Waals surface area contributed by atoms with Crippen molar-refractivity contribution < 1.29 is 19.7 Å². The molecule has 0 heterocycles. The highest BCUT2D eigenvalue weighted by molar-refractivity contribution is 6.10. The van der Waals surface area contributed by atoms with Crippen molar-refractivity contribution in [1.29, 1.82) is 0 Å². The SMILES string of the molecule is CC(C)(c1cccc(C(C)(C)c2ccc(OCCO)c(Cc3cc4ccccc4c4ccccc34)c2)c1)c1ccc(OCCO)c(Cc2cc3ccccc3c3ccccc23)c1. The lowest BCUT2D eigenvalue weighted by molar-refractivity contribution is 0.200. The molecule has 0 aliphatic carbocycles. The van der Waals surface area contributed by atoms with Crippen molar-refractivity contribution in [2.75, 3.05) is 26.4 Å². The molecule has 0 unspecified atom stereocenters. The van der Waals surface area contributed by atoms with E-state index in [1.807, 2.05) is 0 Å². The lowest BCUT2D eigenvalue weighted by atomic mass is 9.72. The fraction of sp³-hybridized carbons (Fsp3) is 0.207. The monoisotopic (exact) mass is 814 g/mol. The highest BCUT2D eigenvalue weighted by Crippen LogP contribution is 2.41. The Morgan fingerprint density at radius 3 is 1.15 bits per heavy atom. The Bertz CT molecular complexity index is 2860. The van der Waals surface area contributed by atoms with Crippen LogP contribution >= 0.6 is 0 Å². The Morgan fingerprint density at radius 2 is 0.726 bits per heavy atom. The highest BCUT2D eigenvalue weighted by Gasteiger charge is 2.29. The summed E-state index contributed by atoms with van der Waals surface area (Å²) < 4.78 is 12.4. The number of hydrogen-bond acceptors (Lipinski definition) is 4. The van der Waals surface area contributed by atoms with Gasteiger partial charge in [0, 0.05) is 23.7 Å². The van der Waals surface area contributed by atoms with Crippen molar-refractivity contribution >= 4 is 43.1 Å². The van der Waals surface area contributed by atoms with E-state index in [0.717, 1.165) is 22.6 Å². The first kappa shape index (κ1) is 40.9. The van der Waals surface area contributed by atoms with E-state index in [9.17, 15) is 10.2 Å². The van der Waals surface area contributed by atoms with Gasteiger partial charge in [-0.1, -0.05) is 185 Å². The molecule has 0 fully saturated rings. The molecule has 0 spiro atoms. The van der Waals surface area contributed by atoms with Crippen molar-refractivity contribution in [3.63, 3.8) is 0 Å². The lowest BCUT2D eigenvalue weighted by Gasteiger charge is -2.32. The van der Waals surface area contributed by atoms with Gasteiger partial charge in [-0.05, 0) is 99.7 Å². The predicted octanol–water partition coefficient (Wildman–Crippen LogP) is 12.9. The first-order valence-corrected chi connectivity index (χ1v) is 21.8. The van der Waals surface area contributed by atoms with Crippen molar-refractivity contribution in [2.24, 2.45) is 0 Å². The third-order valence-corrected chi connectivity index (χ3v) is 13.0. The smallest absolute Gasteiger partial charge is 0.122 e. The fourth-order valence-electron chi connectivity index (χ4n) is 9.40. The quantitative estimate of drug-likeness (QED) is 0.107. The van der Waals surface area contributed by atoms with Gasteiger partial charge in [0.1, 0.15) is 24.7 Å². The molecule has 62 heavy (non-hydrogen) atoms. The first-order chi connectivity index (χ1) is 30.1. The van der Waals surface area contributed by atoms with Crippen LogP contribution in [0.2, 0.25) is 0 Å². The van der Waals surface area contributed by atoms with Gasteiger partial charge in [0.15, 0.2) is 0 Å². The lowest BCUT2D eigenvalue weighted by Crippen LogP contribution is -2.23. The van der Waals surface area contributed by atoms with Gasteiger partial charge in [-0.3, -0.25) is 0 Å². The van der Waals surface area contributed by atoms with Gasteiger partial charge in [0.05, 0.1) is 13.2 Å². The van der Waals surface area contributed by atoms with E-state index in [0.29, 0.717) is 12.8 Å².